The molecule has 1 rings (SSSR count). The molecule has 1 aromatic rings. The Morgan fingerprint density at radius 3 is 2.71 bits per heavy atom. The lowest BCUT2D eigenvalue weighted by Gasteiger charge is -2.10. The lowest BCUT2D eigenvalue weighted by atomic mass is 10.2. The molecule has 0 saturated heterocycles. The fourth-order valence-electron chi connectivity index (χ4n) is 1.14. The summed E-state index contributed by atoms with van der Waals surface area (Å²) in [6.45, 7) is 1.78. The Morgan fingerprint density at radius 1 is 1.71 bits per heavy atom. The minimum Gasteiger partial charge on any atom is -0.476 e. The predicted molar refractivity (Wildman–Crippen MR) is 47.7 cm³/mol. The first-order valence-corrected chi connectivity index (χ1v) is 4.14. The van der Waals surface area contributed by atoms with Crippen LogP contribution in [-0.4, -0.2) is 26.8 Å². The molecule has 76 valence electrons. The highest BCUT2D eigenvalue weighted by Gasteiger charge is 2.17. The summed E-state index contributed by atoms with van der Waals surface area (Å²) >= 11 is 0. The Morgan fingerprint density at radius 2 is 2.36 bits per heavy atom. The molecule has 0 aromatic carbocycles. The summed E-state index contributed by atoms with van der Waals surface area (Å²) in [7, 11) is 0. The SMILES string of the molecule is CCC(C(N)=O)n1ccc(C(=O)O)n1. The smallest absolute Gasteiger partial charge is 0.356 e. The van der Waals surface area contributed by atoms with E-state index in [1.54, 1.807) is 6.92 Å². The van der Waals surface area contributed by atoms with Crippen LogP contribution in [0.5, 0.6) is 0 Å². The first kappa shape index (κ1) is 10.2. The molecule has 1 amide bonds. The Labute approximate surface area is 80.3 Å². The third-order valence-corrected chi connectivity index (χ3v) is 1.86. The number of rotatable bonds is 4. The van der Waals surface area contributed by atoms with Crippen molar-refractivity contribution in [2.24, 2.45) is 5.73 Å². The highest BCUT2D eigenvalue weighted by atomic mass is 16.4. The van der Waals surface area contributed by atoms with E-state index in [1.165, 1.54) is 16.9 Å². The third kappa shape index (κ3) is 1.90. The number of primary amides is 1. The predicted octanol–water partition coefficient (Wildman–Crippen LogP) is 0.0177. The average Bonchev–Trinajstić information content (AvgIpc) is 2.53. The van der Waals surface area contributed by atoms with Crippen LogP contribution in [0, 0.1) is 0 Å². The lowest BCUT2D eigenvalue weighted by Crippen LogP contribution is -2.26. The lowest BCUT2D eigenvalue weighted by molar-refractivity contribution is -0.121. The van der Waals surface area contributed by atoms with Gasteiger partial charge in [0.2, 0.25) is 5.91 Å². The second kappa shape index (κ2) is 3.91. The number of hydrogen-bond donors (Lipinski definition) is 2. The summed E-state index contributed by atoms with van der Waals surface area (Å²) in [5, 5.41) is 12.3. The van der Waals surface area contributed by atoms with Gasteiger partial charge in [0.25, 0.3) is 0 Å². The van der Waals surface area contributed by atoms with Crippen LogP contribution in [0.15, 0.2) is 12.3 Å². The molecule has 0 aliphatic heterocycles. The number of carboxylic acids is 1. The van der Waals surface area contributed by atoms with Gasteiger partial charge in [-0.3, -0.25) is 9.48 Å². The minimum absolute atomic E-state index is 0.0929. The van der Waals surface area contributed by atoms with Gasteiger partial charge >= 0.3 is 5.97 Å². The molecular weight excluding hydrogens is 186 g/mol. The fraction of sp³-hybridized carbons (Fsp3) is 0.375. The summed E-state index contributed by atoms with van der Waals surface area (Å²) in [5.74, 6) is -1.64. The van der Waals surface area contributed by atoms with E-state index in [1.807, 2.05) is 0 Å². The van der Waals surface area contributed by atoms with E-state index in [9.17, 15) is 9.59 Å². The molecule has 1 heterocycles. The van der Waals surface area contributed by atoms with Gasteiger partial charge in [0, 0.05) is 6.20 Å². The van der Waals surface area contributed by atoms with Crippen molar-refractivity contribution >= 4 is 11.9 Å². The van der Waals surface area contributed by atoms with Gasteiger partial charge in [-0.1, -0.05) is 6.92 Å². The van der Waals surface area contributed by atoms with Gasteiger partial charge in [0.05, 0.1) is 0 Å². The molecule has 1 aromatic heterocycles. The molecule has 6 nitrogen and oxygen atoms in total. The van der Waals surface area contributed by atoms with E-state index in [0.717, 1.165) is 0 Å². The van der Waals surface area contributed by atoms with Gasteiger partial charge in [-0.05, 0) is 12.5 Å². The largest absolute Gasteiger partial charge is 0.476 e. The van der Waals surface area contributed by atoms with Crippen LogP contribution in [0.3, 0.4) is 0 Å². The first-order chi connectivity index (χ1) is 6.56. The number of amides is 1. The molecule has 0 aliphatic carbocycles. The highest BCUT2D eigenvalue weighted by molar-refractivity contribution is 5.85. The van der Waals surface area contributed by atoms with Gasteiger partial charge in [0.1, 0.15) is 6.04 Å². The maximum absolute atomic E-state index is 10.9. The van der Waals surface area contributed by atoms with Crippen LogP contribution in [-0.2, 0) is 4.79 Å². The molecule has 3 N–H and O–H groups in total. The molecule has 14 heavy (non-hydrogen) atoms. The summed E-state index contributed by atoms with van der Waals surface area (Å²) < 4.78 is 1.27. The molecule has 0 fully saturated rings. The molecule has 1 atom stereocenters. The Kier molecular flexibility index (Phi) is 2.85. The minimum atomic E-state index is -1.12. The van der Waals surface area contributed by atoms with E-state index in [4.69, 9.17) is 10.8 Å². The van der Waals surface area contributed by atoms with Crippen molar-refractivity contribution < 1.29 is 14.7 Å². The number of aromatic nitrogens is 2. The molecule has 6 heteroatoms. The van der Waals surface area contributed by atoms with Crippen molar-refractivity contribution in [1.29, 1.82) is 0 Å². The average molecular weight is 197 g/mol. The first-order valence-electron chi connectivity index (χ1n) is 4.14. The summed E-state index contributed by atoms with van der Waals surface area (Å²) in [6.07, 6.45) is 1.92. The van der Waals surface area contributed by atoms with Crippen LogP contribution in [0.25, 0.3) is 0 Å². The number of hydrogen-bond acceptors (Lipinski definition) is 3. The van der Waals surface area contributed by atoms with Gasteiger partial charge in [-0.15, -0.1) is 0 Å². The highest BCUT2D eigenvalue weighted by Crippen LogP contribution is 2.09. The molecule has 1 unspecified atom stereocenters. The van der Waals surface area contributed by atoms with Crippen molar-refractivity contribution in [3.8, 4) is 0 Å². The zero-order chi connectivity index (χ0) is 10.7. The fourth-order valence-corrected chi connectivity index (χ4v) is 1.14. The van der Waals surface area contributed by atoms with Gasteiger partial charge in [-0.2, -0.15) is 5.10 Å². The number of nitrogens with zero attached hydrogens (tertiary/aromatic N) is 2. The maximum atomic E-state index is 10.9. The monoisotopic (exact) mass is 197 g/mol. The Balaban J connectivity index is 2.95. The number of carboxylic acid groups (broad SMARTS) is 1. The van der Waals surface area contributed by atoms with E-state index in [0.29, 0.717) is 6.42 Å². The van der Waals surface area contributed by atoms with E-state index in [-0.39, 0.29) is 5.69 Å². The molecular formula is C8H11N3O3. The van der Waals surface area contributed by atoms with E-state index >= 15 is 0 Å². The second-order valence-electron chi connectivity index (χ2n) is 2.81. The third-order valence-electron chi connectivity index (χ3n) is 1.86. The van der Waals surface area contributed by atoms with Crippen LogP contribution < -0.4 is 5.73 Å². The topological polar surface area (TPSA) is 98.2 Å². The number of aromatic carboxylic acids is 1. The quantitative estimate of drug-likeness (QED) is 0.710. The zero-order valence-corrected chi connectivity index (χ0v) is 7.67. The van der Waals surface area contributed by atoms with Crippen molar-refractivity contribution in [3.63, 3.8) is 0 Å². The Bertz CT molecular complexity index is 358. The Hall–Kier alpha value is -1.85. The van der Waals surface area contributed by atoms with E-state index in [2.05, 4.69) is 5.10 Å². The summed E-state index contributed by atoms with van der Waals surface area (Å²) in [5.41, 5.74) is 5.02. The van der Waals surface area contributed by atoms with Crippen LogP contribution in [0.1, 0.15) is 29.9 Å². The maximum Gasteiger partial charge on any atom is 0.356 e. The molecule has 0 aliphatic rings. The van der Waals surface area contributed by atoms with Crippen LogP contribution in [0.4, 0.5) is 0 Å². The van der Waals surface area contributed by atoms with Crippen molar-refractivity contribution in [2.75, 3.05) is 0 Å². The molecule has 0 spiro atoms. The molecule has 0 radical (unpaired) electrons. The summed E-state index contributed by atoms with van der Waals surface area (Å²) in [4.78, 5) is 21.4. The van der Waals surface area contributed by atoms with Gasteiger partial charge in [0.15, 0.2) is 5.69 Å². The van der Waals surface area contributed by atoms with Crippen LogP contribution in [0.2, 0.25) is 0 Å². The van der Waals surface area contributed by atoms with Crippen molar-refractivity contribution in [1.82, 2.24) is 9.78 Å². The zero-order valence-electron chi connectivity index (χ0n) is 7.67. The molecule has 0 bridgehead atoms. The van der Waals surface area contributed by atoms with Crippen molar-refractivity contribution in [2.45, 2.75) is 19.4 Å². The number of carbonyl (C=O) groups is 2. The van der Waals surface area contributed by atoms with E-state index < -0.39 is 17.9 Å². The van der Waals surface area contributed by atoms with Gasteiger partial charge < -0.3 is 10.8 Å². The standard InChI is InChI=1S/C8H11N3O3/c1-2-6(7(9)12)11-4-3-5(10-11)8(13)14/h3-4,6H,2H2,1H3,(H2,9,12)(H,13,14). The number of nitrogens with two attached hydrogens (primary N) is 1. The summed E-state index contributed by atoms with van der Waals surface area (Å²) in [6, 6.07) is 0.747. The van der Waals surface area contributed by atoms with Crippen molar-refractivity contribution in [3.05, 3.63) is 18.0 Å². The second-order valence-corrected chi connectivity index (χ2v) is 2.81. The molecule has 0 saturated carbocycles. The van der Waals surface area contributed by atoms with Crippen LogP contribution >= 0.6 is 0 Å². The number of carbonyl (C=O) groups excluding carboxylic acids is 1. The van der Waals surface area contributed by atoms with Gasteiger partial charge in [-0.25, -0.2) is 4.79 Å². The normalized spacial score (nSPS) is 12.4.